The van der Waals surface area contributed by atoms with Gasteiger partial charge in [0.25, 0.3) is 0 Å². The monoisotopic (exact) mass is 1380 g/mol. The van der Waals surface area contributed by atoms with Crippen molar-refractivity contribution in [2.75, 3.05) is 39.6 Å². The van der Waals surface area contributed by atoms with E-state index in [4.69, 9.17) is 37.0 Å². The number of phosphoric ester groups is 2. The Morgan fingerprint density at radius 3 is 0.628 bits per heavy atom. The van der Waals surface area contributed by atoms with Crippen LogP contribution in [0.3, 0.4) is 0 Å². The van der Waals surface area contributed by atoms with E-state index in [9.17, 15) is 43.2 Å². The zero-order valence-electron chi connectivity index (χ0n) is 60.9. The second kappa shape index (κ2) is 69.5. The number of esters is 4. The first-order valence-corrected chi connectivity index (χ1v) is 42.3. The molecule has 0 fully saturated rings. The lowest BCUT2D eigenvalue weighted by molar-refractivity contribution is -0.161. The molecule has 0 aromatic heterocycles. The van der Waals surface area contributed by atoms with E-state index in [1.807, 2.05) is 0 Å². The first-order chi connectivity index (χ1) is 45.7. The van der Waals surface area contributed by atoms with Gasteiger partial charge in [0.1, 0.15) is 19.3 Å². The van der Waals surface area contributed by atoms with Crippen molar-refractivity contribution in [3.8, 4) is 0 Å². The van der Waals surface area contributed by atoms with Gasteiger partial charge in [-0.1, -0.05) is 349 Å². The van der Waals surface area contributed by atoms with Gasteiger partial charge in [0.05, 0.1) is 26.4 Å². The lowest BCUT2D eigenvalue weighted by Gasteiger charge is -2.21. The van der Waals surface area contributed by atoms with Crippen LogP contribution in [-0.2, 0) is 65.4 Å². The quantitative estimate of drug-likeness (QED) is 0.0222. The molecule has 558 valence electrons. The third kappa shape index (κ3) is 68.6. The molecule has 5 atom stereocenters. The molecule has 0 aliphatic rings. The molecule has 0 aliphatic heterocycles. The summed E-state index contributed by atoms with van der Waals surface area (Å²) in [6.07, 6.45) is 60.2. The van der Waals surface area contributed by atoms with Crippen LogP contribution in [-0.4, -0.2) is 96.7 Å². The first-order valence-electron chi connectivity index (χ1n) is 39.3. The van der Waals surface area contributed by atoms with E-state index in [0.717, 1.165) is 96.3 Å². The molecular formula is C75H146O17P2. The summed E-state index contributed by atoms with van der Waals surface area (Å²) in [6.45, 7) is 4.89. The number of hydrogen-bond donors (Lipinski definition) is 3. The van der Waals surface area contributed by atoms with E-state index < -0.39 is 97.5 Å². The fourth-order valence-electron chi connectivity index (χ4n) is 11.6. The standard InChI is InChI=1S/C75H146O17P2/c1-5-9-13-17-20-23-26-28-30-32-34-36-38-40-43-45-48-52-56-60-73(78)86-66-71(92-75(80)62-58-54-50-47-44-41-39-37-35-33-31-29-27-24-21-18-14-10-6-2)68-90-94(83,84)88-64-69(76)63-87-93(81,82)89-67-70(65-85-72(77)59-55-51-16-12-8-4)91-74(79)61-57-53-49-46-42-25-22-19-15-11-7-3/h69-71,76H,5-68H2,1-4H3,(H,81,82)(H,83,84)/t69-,70+,71+/m0/s1. The molecule has 2 unspecified atom stereocenters. The van der Waals surface area contributed by atoms with Crippen molar-refractivity contribution in [2.45, 2.75) is 418 Å². The van der Waals surface area contributed by atoms with Crippen molar-refractivity contribution in [1.82, 2.24) is 0 Å². The predicted octanol–water partition coefficient (Wildman–Crippen LogP) is 22.2. The van der Waals surface area contributed by atoms with Gasteiger partial charge >= 0.3 is 39.5 Å². The fourth-order valence-corrected chi connectivity index (χ4v) is 13.2. The molecule has 0 saturated carbocycles. The van der Waals surface area contributed by atoms with Crippen LogP contribution in [0.2, 0.25) is 0 Å². The van der Waals surface area contributed by atoms with Crippen LogP contribution in [0.5, 0.6) is 0 Å². The molecule has 0 amide bonds. The Kier molecular flexibility index (Phi) is 68.1. The zero-order chi connectivity index (χ0) is 69.0. The van der Waals surface area contributed by atoms with Gasteiger partial charge in [-0.2, -0.15) is 0 Å². The van der Waals surface area contributed by atoms with Gasteiger partial charge in [-0.05, 0) is 25.7 Å². The van der Waals surface area contributed by atoms with E-state index in [1.54, 1.807) is 0 Å². The summed E-state index contributed by atoms with van der Waals surface area (Å²) in [4.78, 5) is 72.4. The number of phosphoric acid groups is 2. The molecule has 0 aromatic rings. The summed E-state index contributed by atoms with van der Waals surface area (Å²) in [5.41, 5.74) is 0. The van der Waals surface area contributed by atoms with Gasteiger partial charge < -0.3 is 33.8 Å². The lowest BCUT2D eigenvalue weighted by atomic mass is 10.0. The molecule has 0 aromatic carbocycles. The Labute approximate surface area is 575 Å². The number of aliphatic hydroxyl groups is 1. The highest BCUT2D eigenvalue weighted by molar-refractivity contribution is 7.47. The second-order valence-electron chi connectivity index (χ2n) is 27.0. The van der Waals surface area contributed by atoms with Gasteiger partial charge in [0, 0.05) is 25.7 Å². The minimum absolute atomic E-state index is 0.107. The predicted molar refractivity (Wildman–Crippen MR) is 382 cm³/mol. The third-order valence-electron chi connectivity index (χ3n) is 17.6. The maximum Gasteiger partial charge on any atom is 0.472 e. The zero-order valence-corrected chi connectivity index (χ0v) is 62.7. The minimum atomic E-state index is -4.95. The summed E-state index contributed by atoms with van der Waals surface area (Å²) in [5, 5.41) is 10.6. The molecule has 3 N–H and O–H groups in total. The molecule has 19 heteroatoms. The van der Waals surface area contributed by atoms with Crippen LogP contribution in [0.25, 0.3) is 0 Å². The number of aliphatic hydroxyl groups excluding tert-OH is 1. The Bertz CT molecular complexity index is 1790. The van der Waals surface area contributed by atoms with Crippen LogP contribution in [0.4, 0.5) is 0 Å². The van der Waals surface area contributed by atoms with E-state index in [-0.39, 0.29) is 25.7 Å². The number of ether oxygens (including phenoxy) is 4. The van der Waals surface area contributed by atoms with Crippen molar-refractivity contribution < 1.29 is 80.2 Å². The largest absolute Gasteiger partial charge is 0.472 e. The first kappa shape index (κ1) is 92.1. The van der Waals surface area contributed by atoms with Crippen LogP contribution in [0, 0.1) is 0 Å². The van der Waals surface area contributed by atoms with Crippen LogP contribution < -0.4 is 0 Å². The topological polar surface area (TPSA) is 237 Å². The highest BCUT2D eigenvalue weighted by Crippen LogP contribution is 2.45. The minimum Gasteiger partial charge on any atom is -0.462 e. The Hall–Kier alpha value is -1.94. The summed E-state index contributed by atoms with van der Waals surface area (Å²) < 4.78 is 68.2. The molecule has 0 saturated heterocycles. The Balaban J connectivity index is 5.12. The van der Waals surface area contributed by atoms with Gasteiger partial charge in [0.2, 0.25) is 0 Å². The summed E-state index contributed by atoms with van der Waals surface area (Å²) >= 11 is 0. The van der Waals surface area contributed by atoms with Gasteiger partial charge in [-0.3, -0.25) is 37.3 Å². The summed E-state index contributed by atoms with van der Waals surface area (Å²) in [7, 11) is -9.89. The smallest absolute Gasteiger partial charge is 0.462 e. The molecule has 0 bridgehead atoms. The van der Waals surface area contributed by atoms with E-state index >= 15 is 0 Å². The molecule has 0 heterocycles. The van der Waals surface area contributed by atoms with Gasteiger partial charge in [0.15, 0.2) is 12.2 Å². The van der Waals surface area contributed by atoms with Crippen molar-refractivity contribution in [2.24, 2.45) is 0 Å². The number of unbranched alkanes of at least 4 members (excludes halogenated alkanes) is 50. The molecule has 0 aliphatic carbocycles. The van der Waals surface area contributed by atoms with Crippen molar-refractivity contribution in [3.05, 3.63) is 0 Å². The van der Waals surface area contributed by atoms with Crippen LogP contribution in [0.1, 0.15) is 400 Å². The maximum atomic E-state index is 13.1. The van der Waals surface area contributed by atoms with Gasteiger partial charge in [-0.15, -0.1) is 0 Å². The molecule has 94 heavy (non-hydrogen) atoms. The highest BCUT2D eigenvalue weighted by Gasteiger charge is 2.30. The lowest BCUT2D eigenvalue weighted by Crippen LogP contribution is -2.30. The van der Waals surface area contributed by atoms with Crippen molar-refractivity contribution in [3.63, 3.8) is 0 Å². The van der Waals surface area contributed by atoms with E-state index in [2.05, 4.69) is 27.7 Å². The number of hydrogen-bond acceptors (Lipinski definition) is 15. The Morgan fingerprint density at radius 2 is 0.426 bits per heavy atom. The number of carbonyl (C=O) groups excluding carboxylic acids is 4. The average molecular weight is 1380 g/mol. The van der Waals surface area contributed by atoms with Crippen molar-refractivity contribution >= 4 is 39.5 Å². The average Bonchev–Trinajstić information content (AvgIpc) is 1.32. The third-order valence-corrected chi connectivity index (χ3v) is 19.5. The molecule has 0 rings (SSSR count). The maximum absolute atomic E-state index is 13.1. The Morgan fingerprint density at radius 1 is 0.255 bits per heavy atom. The number of rotatable bonds is 76. The highest BCUT2D eigenvalue weighted by atomic mass is 31.2. The summed E-state index contributed by atoms with van der Waals surface area (Å²) in [5.74, 6) is -2.13. The molecular weight excluding hydrogens is 1230 g/mol. The second-order valence-corrected chi connectivity index (χ2v) is 29.9. The fraction of sp³-hybridized carbons (Fsp3) is 0.947. The molecule has 0 spiro atoms. The summed E-state index contributed by atoms with van der Waals surface area (Å²) in [6, 6.07) is 0. The SMILES string of the molecule is CCCCCCCCCCCCCCCCCCCCCC(=O)OC[C@H](COP(=O)(O)OC[C@@H](O)COP(=O)(O)OC[C@@H](COC(=O)CCCCCCC)OC(=O)CCCCCCCCCCCCC)OC(=O)CCCCCCCCCCCCCCCCCCCCC. The normalized spacial score (nSPS) is 13.9. The van der Waals surface area contributed by atoms with Crippen LogP contribution >= 0.6 is 15.6 Å². The van der Waals surface area contributed by atoms with Crippen LogP contribution in [0.15, 0.2) is 0 Å². The van der Waals surface area contributed by atoms with E-state index in [1.165, 1.54) is 225 Å². The van der Waals surface area contributed by atoms with Crippen molar-refractivity contribution in [1.29, 1.82) is 0 Å². The molecule has 17 nitrogen and oxygen atoms in total. The van der Waals surface area contributed by atoms with E-state index in [0.29, 0.717) is 25.7 Å². The van der Waals surface area contributed by atoms with Gasteiger partial charge in [-0.25, -0.2) is 9.13 Å². The number of carbonyl (C=O) groups is 4. The molecule has 0 radical (unpaired) electrons.